The minimum atomic E-state index is -0.720. The molecular weight excluding hydrogens is 268 g/mol. The lowest BCUT2D eigenvalue weighted by atomic mass is 9.76. The van der Waals surface area contributed by atoms with Crippen molar-refractivity contribution in [1.82, 2.24) is 10.2 Å². The molecule has 1 aliphatic carbocycles. The maximum Gasteiger partial charge on any atom is 0.317 e. The minimum Gasteiger partial charge on any atom is -0.481 e. The van der Waals surface area contributed by atoms with Crippen LogP contribution in [-0.4, -0.2) is 41.1 Å². The molecule has 120 valence electrons. The van der Waals surface area contributed by atoms with Crippen LogP contribution in [0.2, 0.25) is 0 Å². The van der Waals surface area contributed by atoms with Gasteiger partial charge in [-0.2, -0.15) is 0 Å². The Balaban J connectivity index is 1.90. The number of carboxylic acids is 1. The molecule has 0 bridgehead atoms. The lowest BCUT2D eigenvalue weighted by molar-refractivity contribution is -0.151. The van der Waals surface area contributed by atoms with Gasteiger partial charge >= 0.3 is 12.0 Å². The number of likely N-dealkylation sites (tertiary alicyclic amines) is 1. The van der Waals surface area contributed by atoms with Crippen LogP contribution in [0.1, 0.15) is 59.3 Å². The number of amides is 2. The van der Waals surface area contributed by atoms with Crippen molar-refractivity contribution in [3.63, 3.8) is 0 Å². The molecule has 2 rings (SSSR count). The van der Waals surface area contributed by atoms with Gasteiger partial charge in [0.2, 0.25) is 0 Å². The number of rotatable bonds is 3. The first kappa shape index (κ1) is 16.1. The molecule has 0 spiro atoms. The summed E-state index contributed by atoms with van der Waals surface area (Å²) in [6.45, 7) is 7.41. The number of nitrogens with one attached hydrogen (secondary N) is 1. The first-order valence-electron chi connectivity index (χ1n) is 8.09. The van der Waals surface area contributed by atoms with Gasteiger partial charge in [-0.15, -0.1) is 0 Å². The second-order valence-electron chi connectivity index (χ2n) is 7.31. The maximum atomic E-state index is 12.4. The number of hydrogen-bond donors (Lipinski definition) is 2. The van der Waals surface area contributed by atoms with Gasteiger partial charge < -0.3 is 15.3 Å². The van der Waals surface area contributed by atoms with E-state index in [4.69, 9.17) is 0 Å². The van der Waals surface area contributed by atoms with Crippen molar-refractivity contribution in [2.75, 3.05) is 13.1 Å². The molecule has 1 aliphatic heterocycles. The number of carbonyl (C=O) groups is 2. The Kier molecular flexibility index (Phi) is 4.49. The van der Waals surface area contributed by atoms with Crippen molar-refractivity contribution in [2.24, 2.45) is 10.8 Å². The zero-order valence-electron chi connectivity index (χ0n) is 13.4. The van der Waals surface area contributed by atoms with Gasteiger partial charge in [-0.05, 0) is 37.5 Å². The lowest BCUT2D eigenvalue weighted by Gasteiger charge is -2.39. The topological polar surface area (TPSA) is 69.6 Å². The first-order valence-corrected chi connectivity index (χ1v) is 8.09. The number of urea groups is 1. The first-order chi connectivity index (χ1) is 9.81. The van der Waals surface area contributed by atoms with Crippen LogP contribution in [-0.2, 0) is 4.79 Å². The van der Waals surface area contributed by atoms with Crippen molar-refractivity contribution in [2.45, 2.75) is 65.3 Å². The van der Waals surface area contributed by atoms with Gasteiger partial charge in [-0.3, -0.25) is 4.79 Å². The SMILES string of the molecule is CCC1(C(=O)O)CCN(C(=O)NC2CCCC2(C)C)CC1. The van der Waals surface area contributed by atoms with Crippen molar-refractivity contribution >= 4 is 12.0 Å². The Hall–Kier alpha value is -1.26. The Morgan fingerprint density at radius 2 is 1.86 bits per heavy atom. The molecule has 0 radical (unpaired) electrons. The second kappa shape index (κ2) is 5.85. The Morgan fingerprint density at radius 1 is 1.24 bits per heavy atom. The molecule has 2 amide bonds. The smallest absolute Gasteiger partial charge is 0.317 e. The molecule has 2 aliphatic rings. The van der Waals surface area contributed by atoms with Crippen LogP contribution in [0.15, 0.2) is 0 Å². The molecule has 0 aromatic carbocycles. The third-order valence-corrected chi connectivity index (χ3v) is 5.69. The number of carbonyl (C=O) groups excluding carboxylic acids is 1. The highest BCUT2D eigenvalue weighted by Crippen LogP contribution is 2.38. The van der Waals surface area contributed by atoms with E-state index in [0.717, 1.165) is 19.3 Å². The number of hydrogen-bond acceptors (Lipinski definition) is 2. The third kappa shape index (κ3) is 3.16. The van der Waals surface area contributed by atoms with E-state index in [0.29, 0.717) is 32.4 Å². The molecule has 21 heavy (non-hydrogen) atoms. The number of piperidine rings is 1. The summed E-state index contributed by atoms with van der Waals surface area (Å²) < 4.78 is 0. The summed E-state index contributed by atoms with van der Waals surface area (Å²) in [5, 5.41) is 12.5. The number of carboxylic acid groups (broad SMARTS) is 1. The van der Waals surface area contributed by atoms with Crippen LogP contribution in [0.5, 0.6) is 0 Å². The highest BCUT2D eigenvalue weighted by molar-refractivity contribution is 5.77. The summed E-state index contributed by atoms with van der Waals surface area (Å²) in [7, 11) is 0. The Morgan fingerprint density at radius 3 is 2.29 bits per heavy atom. The average molecular weight is 296 g/mol. The second-order valence-corrected chi connectivity index (χ2v) is 7.31. The fourth-order valence-electron chi connectivity index (χ4n) is 3.69. The largest absolute Gasteiger partial charge is 0.481 e. The van der Waals surface area contributed by atoms with Gasteiger partial charge in [0.1, 0.15) is 0 Å². The Labute approximate surface area is 127 Å². The molecule has 1 atom stereocenters. The molecule has 1 saturated heterocycles. The van der Waals surface area contributed by atoms with E-state index in [1.165, 1.54) is 0 Å². The van der Waals surface area contributed by atoms with Crippen LogP contribution >= 0.6 is 0 Å². The van der Waals surface area contributed by atoms with Crippen molar-refractivity contribution in [3.05, 3.63) is 0 Å². The molecule has 1 heterocycles. The van der Waals surface area contributed by atoms with Crippen molar-refractivity contribution in [3.8, 4) is 0 Å². The van der Waals surface area contributed by atoms with Crippen LogP contribution in [0.4, 0.5) is 4.79 Å². The van der Waals surface area contributed by atoms with Crippen LogP contribution in [0.3, 0.4) is 0 Å². The van der Waals surface area contributed by atoms with E-state index in [1.807, 2.05) is 6.92 Å². The van der Waals surface area contributed by atoms with Gasteiger partial charge in [0.15, 0.2) is 0 Å². The monoisotopic (exact) mass is 296 g/mol. The van der Waals surface area contributed by atoms with E-state index in [-0.39, 0.29) is 17.5 Å². The molecular formula is C16H28N2O3. The summed E-state index contributed by atoms with van der Waals surface area (Å²) in [4.78, 5) is 25.6. The third-order valence-electron chi connectivity index (χ3n) is 5.69. The molecule has 0 aromatic rings. The van der Waals surface area contributed by atoms with Gasteiger partial charge in [0.05, 0.1) is 5.41 Å². The average Bonchev–Trinajstić information content (AvgIpc) is 2.77. The fourth-order valence-corrected chi connectivity index (χ4v) is 3.69. The Bertz CT molecular complexity index is 412. The molecule has 5 heteroatoms. The molecule has 5 nitrogen and oxygen atoms in total. The van der Waals surface area contributed by atoms with E-state index in [9.17, 15) is 14.7 Å². The summed E-state index contributed by atoms with van der Waals surface area (Å²) in [5.74, 6) is -0.720. The number of aliphatic carboxylic acids is 1. The van der Waals surface area contributed by atoms with E-state index >= 15 is 0 Å². The van der Waals surface area contributed by atoms with Crippen molar-refractivity contribution in [1.29, 1.82) is 0 Å². The maximum absolute atomic E-state index is 12.4. The molecule has 1 unspecified atom stereocenters. The summed E-state index contributed by atoms with van der Waals surface area (Å²) in [5.41, 5.74) is -0.469. The van der Waals surface area contributed by atoms with Gasteiger partial charge in [-0.1, -0.05) is 27.2 Å². The van der Waals surface area contributed by atoms with Crippen LogP contribution in [0, 0.1) is 10.8 Å². The zero-order valence-corrected chi connectivity index (χ0v) is 13.4. The molecule has 1 saturated carbocycles. The molecule has 2 fully saturated rings. The summed E-state index contributed by atoms with van der Waals surface area (Å²) >= 11 is 0. The highest BCUT2D eigenvalue weighted by Gasteiger charge is 2.42. The van der Waals surface area contributed by atoms with E-state index in [2.05, 4.69) is 19.2 Å². The van der Waals surface area contributed by atoms with Gasteiger partial charge in [0, 0.05) is 19.1 Å². The highest BCUT2D eigenvalue weighted by atomic mass is 16.4. The van der Waals surface area contributed by atoms with Crippen LogP contribution < -0.4 is 5.32 Å². The predicted molar refractivity (Wildman–Crippen MR) is 81.1 cm³/mol. The summed E-state index contributed by atoms with van der Waals surface area (Å²) in [6, 6.07) is 0.215. The van der Waals surface area contributed by atoms with Crippen LogP contribution in [0.25, 0.3) is 0 Å². The van der Waals surface area contributed by atoms with E-state index in [1.54, 1.807) is 4.90 Å². The fraction of sp³-hybridized carbons (Fsp3) is 0.875. The standard InChI is InChI=1S/C16H28N2O3/c1-4-16(13(19)20)8-10-18(11-9-16)14(21)17-12-6-5-7-15(12,2)3/h12H,4-11H2,1-3H3,(H,17,21)(H,19,20). The molecule has 2 N–H and O–H groups in total. The predicted octanol–water partition coefficient (Wildman–Crippen LogP) is 2.85. The van der Waals surface area contributed by atoms with Crippen molar-refractivity contribution < 1.29 is 14.7 Å². The van der Waals surface area contributed by atoms with Gasteiger partial charge in [0.25, 0.3) is 0 Å². The molecule has 0 aromatic heterocycles. The summed E-state index contributed by atoms with van der Waals surface area (Å²) in [6.07, 6.45) is 5.10. The quantitative estimate of drug-likeness (QED) is 0.841. The van der Waals surface area contributed by atoms with E-state index < -0.39 is 11.4 Å². The zero-order chi connectivity index (χ0) is 15.7. The lowest BCUT2D eigenvalue weighted by Crippen LogP contribution is -2.53. The normalized spacial score (nSPS) is 27.4. The minimum absolute atomic E-state index is 0.0231. The number of nitrogens with zero attached hydrogens (tertiary/aromatic N) is 1. The van der Waals surface area contributed by atoms with Gasteiger partial charge in [-0.25, -0.2) is 4.79 Å².